The molecular weight excluding hydrogens is 255 g/mol. The Balaban J connectivity index is 3.11. The molecule has 0 unspecified atom stereocenters. The van der Waals surface area contributed by atoms with Gasteiger partial charge in [0.05, 0.1) is 0 Å². The zero-order valence-electron chi connectivity index (χ0n) is 9.14. The van der Waals surface area contributed by atoms with E-state index in [0.717, 1.165) is 0 Å². The van der Waals surface area contributed by atoms with Crippen molar-refractivity contribution >= 4 is 17.5 Å². The Kier molecular flexibility index (Phi) is 4.81. The van der Waals surface area contributed by atoms with Gasteiger partial charge in [-0.1, -0.05) is 0 Å². The van der Waals surface area contributed by atoms with Crippen molar-refractivity contribution in [1.82, 2.24) is 4.90 Å². The molecular formula is C11H11ClF3NO. The summed E-state index contributed by atoms with van der Waals surface area (Å²) >= 11 is 5.47. The van der Waals surface area contributed by atoms with Gasteiger partial charge in [0.1, 0.15) is 23.0 Å². The summed E-state index contributed by atoms with van der Waals surface area (Å²) in [5.74, 6) is -4.15. The standard InChI is InChI=1S/C11H11ClF3NO/c1-2-16(4-3-12)11(17)10-8(14)5-7(13)6-9(10)15/h5-6H,2-4H2,1H3. The van der Waals surface area contributed by atoms with E-state index >= 15 is 0 Å². The van der Waals surface area contributed by atoms with Gasteiger partial charge in [-0.2, -0.15) is 0 Å². The maximum Gasteiger partial charge on any atom is 0.259 e. The van der Waals surface area contributed by atoms with Gasteiger partial charge < -0.3 is 4.90 Å². The van der Waals surface area contributed by atoms with Gasteiger partial charge in [-0.15, -0.1) is 11.6 Å². The van der Waals surface area contributed by atoms with E-state index in [-0.39, 0.29) is 19.0 Å². The Bertz CT molecular complexity index is 402. The van der Waals surface area contributed by atoms with Gasteiger partial charge >= 0.3 is 0 Å². The lowest BCUT2D eigenvalue weighted by Crippen LogP contribution is -2.33. The average molecular weight is 266 g/mol. The second kappa shape index (κ2) is 5.91. The molecule has 1 rings (SSSR count). The fraction of sp³-hybridized carbons (Fsp3) is 0.364. The first-order valence-electron chi connectivity index (χ1n) is 5.01. The van der Waals surface area contributed by atoms with Crippen molar-refractivity contribution in [3.05, 3.63) is 35.1 Å². The van der Waals surface area contributed by atoms with E-state index < -0.39 is 28.9 Å². The van der Waals surface area contributed by atoms with E-state index in [1.807, 2.05) is 0 Å². The zero-order chi connectivity index (χ0) is 13.0. The van der Waals surface area contributed by atoms with Crippen LogP contribution < -0.4 is 0 Å². The Labute approximate surface area is 102 Å². The molecule has 0 heterocycles. The van der Waals surface area contributed by atoms with Crippen LogP contribution in [0.5, 0.6) is 0 Å². The Morgan fingerprint density at radius 3 is 2.24 bits per heavy atom. The first-order valence-corrected chi connectivity index (χ1v) is 5.54. The number of carbonyl (C=O) groups is 1. The molecule has 6 heteroatoms. The van der Waals surface area contributed by atoms with Crippen molar-refractivity contribution in [2.24, 2.45) is 0 Å². The smallest absolute Gasteiger partial charge is 0.259 e. The number of rotatable bonds is 4. The fourth-order valence-corrected chi connectivity index (χ4v) is 1.61. The highest BCUT2D eigenvalue weighted by atomic mass is 35.5. The maximum absolute atomic E-state index is 13.3. The third-order valence-corrected chi connectivity index (χ3v) is 2.41. The van der Waals surface area contributed by atoms with Gasteiger partial charge in [0.15, 0.2) is 0 Å². The summed E-state index contributed by atoms with van der Waals surface area (Å²) in [7, 11) is 0. The Hall–Kier alpha value is -1.23. The molecule has 1 amide bonds. The lowest BCUT2D eigenvalue weighted by atomic mass is 10.1. The number of hydrogen-bond acceptors (Lipinski definition) is 1. The fourth-order valence-electron chi connectivity index (χ4n) is 1.41. The lowest BCUT2D eigenvalue weighted by molar-refractivity contribution is 0.0764. The van der Waals surface area contributed by atoms with Crippen LogP contribution in [0.15, 0.2) is 12.1 Å². The molecule has 0 aliphatic heterocycles. The molecule has 0 saturated heterocycles. The van der Waals surface area contributed by atoms with Crippen LogP contribution in [0.4, 0.5) is 13.2 Å². The van der Waals surface area contributed by atoms with Crippen molar-refractivity contribution in [1.29, 1.82) is 0 Å². The van der Waals surface area contributed by atoms with E-state index in [1.165, 1.54) is 4.90 Å². The molecule has 0 atom stereocenters. The highest BCUT2D eigenvalue weighted by Gasteiger charge is 2.22. The van der Waals surface area contributed by atoms with Crippen molar-refractivity contribution in [3.8, 4) is 0 Å². The normalized spacial score (nSPS) is 10.4. The number of halogens is 4. The maximum atomic E-state index is 13.3. The van der Waals surface area contributed by atoms with Gasteiger partial charge in [-0.05, 0) is 6.92 Å². The van der Waals surface area contributed by atoms with Crippen LogP contribution >= 0.6 is 11.6 Å². The highest BCUT2D eigenvalue weighted by Crippen LogP contribution is 2.17. The van der Waals surface area contributed by atoms with Gasteiger partial charge in [-0.3, -0.25) is 4.79 Å². The van der Waals surface area contributed by atoms with E-state index in [9.17, 15) is 18.0 Å². The van der Waals surface area contributed by atoms with Gasteiger partial charge in [0.25, 0.3) is 5.91 Å². The molecule has 0 radical (unpaired) electrons. The summed E-state index contributed by atoms with van der Waals surface area (Å²) in [6.45, 7) is 2.10. The van der Waals surface area contributed by atoms with Crippen molar-refractivity contribution < 1.29 is 18.0 Å². The molecule has 2 nitrogen and oxygen atoms in total. The van der Waals surface area contributed by atoms with Crippen LogP contribution in [0.2, 0.25) is 0 Å². The molecule has 0 bridgehead atoms. The predicted octanol–water partition coefficient (Wildman–Crippen LogP) is 2.80. The SMILES string of the molecule is CCN(CCCl)C(=O)c1c(F)cc(F)cc1F. The minimum atomic E-state index is -1.21. The summed E-state index contributed by atoms with van der Waals surface area (Å²) in [5.41, 5.74) is -0.752. The van der Waals surface area contributed by atoms with Crippen molar-refractivity contribution in [2.45, 2.75) is 6.92 Å². The molecule has 0 N–H and O–H groups in total. The Morgan fingerprint density at radius 2 is 1.82 bits per heavy atom. The number of amides is 1. The van der Waals surface area contributed by atoms with E-state index in [0.29, 0.717) is 12.1 Å². The third-order valence-electron chi connectivity index (χ3n) is 2.24. The third kappa shape index (κ3) is 3.12. The number of nitrogens with zero attached hydrogens (tertiary/aromatic N) is 1. The summed E-state index contributed by atoms with van der Waals surface area (Å²) in [6, 6.07) is 0.954. The van der Waals surface area contributed by atoms with Crippen molar-refractivity contribution in [2.75, 3.05) is 19.0 Å². The van der Waals surface area contributed by atoms with E-state index in [2.05, 4.69) is 0 Å². The molecule has 0 aliphatic carbocycles. The van der Waals surface area contributed by atoms with Crippen LogP contribution in [0.3, 0.4) is 0 Å². The first-order chi connectivity index (χ1) is 8.01. The molecule has 0 aromatic heterocycles. The molecule has 0 saturated carbocycles. The number of carbonyl (C=O) groups excluding carboxylic acids is 1. The summed E-state index contributed by atoms with van der Waals surface area (Å²) in [5, 5.41) is 0. The van der Waals surface area contributed by atoms with Gasteiger partial charge in [0, 0.05) is 31.1 Å². The zero-order valence-corrected chi connectivity index (χ0v) is 9.90. The molecule has 94 valence electrons. The van der Waals surface area contributed by atoms with Crippen LogP contribution in [0.25, 0.3) is 0 Å². The van der Waals surface area contributed by atoms with Crippen LogP contribution in [0, 0.1) is 17.5 Å². The Morgan fingerprint density at radius 1 is 1.29 bits per heavy atom. The minimum absolute atomic E-state index is 0.157. The molecule has 0 aliphatic rings. The molecule has 1 aromatic carbocycles. The second-order valence-electron chi connectivity index (χ2n) is 3.32. The summed E-state index contributed by atoms with van der Waals surface area (Å²) in [4.78, 5) is 13.0. The molecule has 17 heavy (non-hydrogen) atoms. The summed E-state index contributed by atoms with van der Waals surface area (Å²) in [6.07, 6.45) is 0. The largest absolute Gasteiger partial charge is 0.338 e. The monoisotopic (exact) mass is 265 g/mol. The number of hydrogen-bond donors (Lipinski definition) is 0. The average Bonchev–Trinajstić information content (AvgIpc) is 2.24. The lowest BCUT2D eigenvalue weighted by Gasteiger charge is -2.20. The minimum Gasteiger partial charge on any atom is -0.338 e. The number of alkyl halides is 1. The summed E-state index contributed by atoms with van der Waals surface area (Å²) < 4.78 is 39.4. The predicted molar refractivity (Wildman–Crippen MR) is 58.6 cm³/mol. The van der Waals surface area contributed by atoms with E-state index in [4.69, 9.17) is 11.6 Å². The molecule has 1 aromatic rings. The molecule has 0 fully saturated rings. The van der Waals surface area contributed by atoms with Gasteiger partial charge in [-0.25, -0.2) is 13.2 Å². The second-order valence-corrected chi connectivity index (χ2v) is 3.70. The first kappa shape index (κ1) is 13.8. The quantitative estimate of drug-likeness (QED) is 0.767. The van der Waals surface area contributed by atoms with Crippen LogP contribution in [0.1, 0.15) is 17.3 Å². The van der Waals surface area contributed by atoms with E-state index in [1.54, 1.807) is 6.92 Å². The number of benzene rings is 1. The topological polar surface area (TPSA) is 20.3 Å². The molecule has 0 spiro atoms. The van der Waals surface area contributed by atoms with Crippen LogP contribution in [-0.4, -0.2) is 29.8 Å². The van der Waals surface area contributed by atoms with Crippen LogP contribution in [-0.2, 0) is 0 Å². The van der Waals surface area contributed by atoms with Gasteiger partial charge in [0.2, 0.25) is 0 Å². The highest BCUT2D eigenvalue weighted by molar-refractivity contribution is 6.18. The van der Waals surface area contributed by atoms with Crippen molar-refractivity contribution in [3.63, 3.8) is 0 Å².